The summed E-state index contributed by atoms with van der Waals surface area (Å²) in [6, 6.07) is 8.55. The molecule has 1 unspecified atom stereocenters. The molecular weight excluding hydrogens is 248 g/mol. The summed E-state index contributed by atoms with van der Waals surface area (Å²) in [5.41, 5.74) is 1.39. The third-order valence-electron chi connectivity index (χ3n) is 3.21. The first-order valence-corrected chi connectivity index (χ1v) is 7.48. The fraction of sp³-hybridized carbons (Fsp3) is 0.647. The second-order valence-electron chi connectivity index (χ2n) is 6.23. The normalized spacial score (nSPS) is 12.9. The molecule has 0 aromatic heterocycles. The van der Waals surface area contributed by atoms with E-state index in [1.165, 1.54) is 12.0 Å². The molecular formula is C17H30N2O. The molecule has 20 heavy (non-hydrogen) atoms. The highest BCUT2D eigenvalue weighted by Gasteiger charge is 2.04. The third-order valence-corrected chi connectivity index (χ3v) is 3.21. The quantitative estimate of drug-likeness (QED) is 0.691. The van der Waals surface area contributed by atoms with Crippen molar-refractivity contribution >= 4 is 0 Å². The van der Waals surface area contributed by atoms with Gasteiger partial charge in [0.25, 0.3) is 0 Å². The lowest BCUT2D eigenvalue weighted by molar-refractivity contribution is 0.222. The van der Waals surface area contributed by atoms with Crippen molar-refractivity contribution in [1.82, 2.24) is 9.80 Å². The molecule has 0 N–H and O–H groups in total. The lowest BCUT2D eigenvalue weighted by Gasteiger charge is -2.17. The number of rotatable bonds is 9. The van der Waals surface area contributed by atoms with Gasteiger partial charge >= 0.3 is 0 Å². The smallest absolute Gasteiger partial charge is 0.119 e. The van der Waals surface area contributed by atoms with E-state index >= 15 is 0 Å². The van der Waals surface area contributed by atoms with Crippen LogP contribution in [-0.4, -0.2) is 57.7 Å². The summed E-state index contributed by atoms with van der Waals surface area (Å²) in [4.78, 5) is 4.42. The van der Waals surface area contributed by atoms with Gasteiger partial charge in [-0.15, -0.1) is 0 Å². The van der Waals surface area contributed by atoms with Crippen molar-refractivity contribution in [3.63, 3.8) is 0 Å². The van der Waals surface area contributed by atoms with Crippen LogP contribution in [0.15, 0.2) is 24.3 Å². The van der Waals surface area contributed by atoms with Crippen molar-refractivity contribution in [1.29, 1.82) is 0 Å². The fourth-order valence-corrected chi connectivity index (χ4v) is 2.27. The molecule has 3 nitrogen and oxygen atoms in total. The highest BCUT2D eigenvalue weighted by Crippen LogP contribution is 2.14. The van der Waals surface area contributed by atoms with Crippen LogP contribution < -0.4 is 4.74 Å². The Labute approximate surface area is 124 Å². The summed E-state index contributed by atoms with van der Waals surface area (Å²) in [6.07, 6.45) is 2.34. The van der Waals surface area contributed by atoms with Crippen molar-refractivity contribution < 1.29 is 4.74 Å². The molecule has 1 aromatic carbocycles. The summed E-state index contributed by atoms with van der Waals surface area (Å²) in [5, 5.41) is 0. The highest BCUT2D eigenvalue weighted by atomic mass is 16.5. The zero-order valence-corrected chi connectivity index (χ0v) is 13.7. The van der Waals surface area contributed by atoms with Crippen molar-refractivity contribution in [2.24, 2.45) is 5.92 Å². The summed E-state index contributed by atoms with van der Waals surface area (Å²) in [7, 11) is 8.43. The lowest BCUT2D eigenvalue weighted by atomic mass is 10.1. The Morgan fingerprint density at radius 3 is 2.20 bits per heavy atom. The Kier molecular flexibility index (Phi) is 7.63. The van der Waals surface area contributed by atoms with Gasteiger partial charge in [0.1, 0.15) is 5.75 Å². The fourth-order valence-electron chi connectivity index (χ4n) is 2.27. The van der Waals surface area contributed by atoms with Gasteiger partial charge in [-0.1, -0.05) is 19.1 Å². The number of benzene rings is 1. The number of ether oxygens (including phenoxy) is 1. The van der Waals surface area contributed by atoms with Gasteiger partial charge in [0, 0.05) is 12.5 Å². The van der Waals surface area contributed by atoms with Crippen LogP contribution in [0.2, 0.25) is 0 Å². The SMILES string of the molecule is CC(COc1ccc(CCCN(C)C)cc1)CN(C)C. The first-order valence-electron chi connectivity index (χ1n) is 7.48. The molecule has 0 aliphatic carbocycles. The van der Waals surface area contributed by atoms with Crippen LogP contribution >= 0.6 is 0 Å². The Balaban J connectivity index is 2.31. The van der Waals surface area contributed by atoms with Gasteiger partial charge < -0.3 is 14.5 Å². The average molecular weight is 278 g/mol. The van der Waals surface area contributed by atoms with Crippen LogP contribution in [0, 0.1) is 5.92 Å². The van der Waals surface area contributed by atoms with Crippen LogP contribution in [0.5, 0.6) is 5.75 Å². The molecule has 0 bridgehead atoms. The molecule has 0 heterocycles. The number of nitrogens with zero attached hydrogens (tertiary/aromatic N) is 2. The third kappa shape index (κ3) is 7.51. The topological polar surface area (TPSA) is 15.7 Å². The second-order valence-corrected chi connectivity index (χ2v) is 6.23. The molecule has 1 atom stereocenters. The van der Waals surface area contributed by atoms with Gasteiger partial charge in [-0.25, -0.2) is 0 Å². The first kappa shape index (κ1) is 17.0. The van der Waals surface area contributed by atoms with Crippen LogP contribution in [0.1, 0.15) is 18.9 Å². The van der Waals surface area contributed by atoms with Crippen molar-refractivity contribution in [3.05, 3.63) is 29.8 Å². The Bertz CT molecular complexity index is 360. The van der Waals surface area contributed by atoms with Gasteiger partial charge in [0.2, 0.25) is 0 Å². The van der Waals surface area contributed by atoms with Crippen molar-refractivity contribution in [2.45, 2.75) is 19.8 Å². The van der Waals surface area contributed by atoms with Crippen LogP contribution in [0.4, 0.5) is 0 Å². The van der Waals surface area contributed by atoms with E-state index in [2.05, 4.69) is 69.2 Å². The minimum Gasteiger partial charge on any atom is -0.493 e. The summed E-state index contributed by atoms with van der Waals surface area (Å²) >= 11 is 0. The van der Waals surface area contributed by atoms with E-state index in [0.29, 0.717) is 5.92 Å². The molecule has 0 aliphatic heterocycles. The predicted molar refractivity (Wildman–Crippen MR) is 86.5 cm³/mol. The molecule has 0 aliphatic rings. The Morgan fingerprint density at radius 1 is 1.00 bits per heavy atom. The molecule has 0 amide bonds. The molecule has 0 saturated heterocycles. The van der Waals surface area contributed by atoms with Crippen LogP contribution in [0.3, 0.4) is 0 Å². The summed E-state index contributed by atoms with van der Waals surface area (Å²) in [5.74, 6) is 1.52. The second kappa shape index (κ2) is 8.98. The van der Waals surface area contributed by atoms with Crippen molar-refractivity contribution in [3.8, 4) is 5.75 Å². The van der Waals surface area contributed by atoms with E-state index in [0.717, 1.165) is 31.9 Å². The maximum Gasteiger partial charge on any atom is 0.119 e. The van der Waals surface area contributed by atoms with E-state index < -0.39 is 0 Å². The molecule has 0 spiro atoms. The van der Waals surface area contributed by atoms with Crippen LogP contribution in [-0.2, 0) is 6.42 Å². The van der Waals surface area contributed by atoms with Crippen LogP contribution in [0.25, 0.3) is 0 Å². The van der Waals surface area contributed by atoms with E-state index in [1.54, 1.807) is 0 Å². The molecule has 3 heteroatoms. The lowest BCUT2D eigenvalue weighted by Crippen LogP contribution is -2.24. The van der Waals surface area contributed by atoms with Gasteiger partial charge in [0.15, 0.2) is 0 Å². The summed E-state index contributed by atoms with van der Waals surface area (Å²) in [6.45, 7) is 5.19. The summed E-state index contributed by atoms with van der Waals surface area (Å²) < 4.78 is 5.83. The zero-order chi connectivity index (χ0) is 15.0. The molecule has 1 rings (SSSR count). The van der Waals surface area contributed by atoms with Gasteiger partial charge in [-0.3, -0.25) is 0 Å². The van der Waals surface area contributed by atoms with E-state index in [9.17, 15) is 0 Å². The minimum atomic E-state index is 0.546. The molecule has 0 fully saturated rings. The van der Waals surface area contributed by atoms with Crippen molar-refractivity contribution in [2.75, 3.05) is 47.9 Å². The Hall–Kier alpha value is -1.06. The highest BCUT2D eigenvalue weighted by molar-refractivity contribution is 5.27. The van der Waals surface area contributed by atoms with E-state index in [1.807, 2.05) is 0 Å². The monoisotopic (exact) mass is 278 g/mol. The maximum atomic E-state index is 5.83. The number of hydrogen-bond donors (Lipinski definition) is 0. The number of hydrogen-bond acceptors (Lipinski definition) is 3. The molecule has 0 radical (unpaired) electrons. The predicted octanol–water partition coefficient (Wildman–Crippen LogP) is 2.76. The minimum absolute atomic E-state index is 0.546. The van der Waals surface area contributed by atoms with Gasteiger partial charge in [0.05, 0.1) is 6.61 Å². The Morgan fingerprint density at radius 2 is 1.65 bits per heavy atom. The first-order chi connectivity index (χ1) is 9.47. The maximum absolute atomic E-state index is 5.83. The van der Waals surface area contributed by atoms with Gasteiger partial charge in [-0.2, -0.15) is 0 Å². The number of aryl methyl sites for hydroxylation is 1. The molecule has 1 aromatic rings. The van der Waals surface area contributed by atoms with E-state index in [4.69, 9.17) is 4.74 Å². The van der Waals surface area contributed by atoms with Gasteiger partial charge in [-0.05, 0) is 65.3 Å². The molecule has 0 saturated carbocycles. The standard InChI is InChI=1S/C17H30N2O/c1-15(13-19(4)5)14-20-17-10-8-16(9-11-17)7-6-12-18(2)3/h8-11,15H,6-7,12-14H2,1-5H3. The zero-order valence-electron chi connectivity index (χ0n) is 13.7. The molecule has 114 valence electrons. The average Bonchev–Trinajstić information content (AvgIpc) is 2.36. The largest absolute Gasteiger partial charge is 0.493 e. The van der Waals surface area contributed by atoms with E-state index in [-0.39, 0.29) is 0 Å².